The zero-order chi connectivity index (χ0) is 12.0. The van der Waals surface area contributed by atoms with Gasteiger partial charge in [-0.1, -0.05) is 15.9 Å². The summed E-state index contributed by atoms with van der Waals surface area (Å²) in [6.45, 7) is 2.23. The number of hydrogen-bond acceptors (Lipinski definition) is 3. The van der Waals surface area contributed by atoms with Crippen molar-refractivity contribution in [3.63, 3.8) is 0 Å². The molecule has 0 N–H and O–H groups in total. The predicted octanol–water partition coefficient (Wildman–Crippen LogP) is 2.95. The number of halogens is 1. The van der Waals surface area contributed by atoms with Gasteiger partial charge in [0.25, 0.3) is 0 Å². The summed E-state index contributed by atoms with van der Waals surface area (Å²) < 4.78 is 11.1. The Bertz CT molecular complexity index is 363. The molecular formula is C12H15BrO3. The second-order valence-electron chi connectivity index (χ2n) is 3.26. The Morgan fingerprint density at radius 2 is 2.19 bits per heavy atom. The summed E-state index contributed by atoms with van der Waals surface area (Å²) in [5.41, 5.74) is 1.00. The first-order valence-electron chi connectivity index (χ1n) is 5.15. The second kappa shape index (κ2) is 6.53. The molecule has 0 saturated carbocycles. The number of hydrogen-bond donors (Lipinski definition) is 0. The first-order valence-corrected chi connectivity index (χ1v) is 5.94. The lowest BCUT2D eigenvalue weighted by Gasteiger charge is -2.08. The van der Waals surface area contributed by atoms with Gasteiger partial charge in [-0.15, -0.1) is 0 Å². The van der Waals surface area contributed by atoms with E-state index in [1.165, 1.54) is 0 Å². The molecule has 4 heteroatoms. The van der Waals surface area contributed by atoms with Crippen molar-refractivity contribution in [3.8, 4) is 5.75 Å². The van der Waals surface area contributed by atoms with Gasteiger partial charge in [-0.3, -0.25) is 4.79 Å². The maximum absolute atomic E-state index is 11.2. The van der Waals surface area contributed by atoms with E-state index in [0.717, 1.165) is 15.8 Å². The second-order valence-corrected chi connectivity index (χ2v) is 4.18. The summed E-state index contributed by atoms with van der Waals surface area (Å²) in [5, 5.41) is 0. The van der Waals surface area contributed by atoms with Crippen LogP contribution in [0, 0.1) is 0 Å². The molecule has 88 valence electrons. The first kappa shape index (κ1) is 13.0. The average Bonchev–Trinajstić information content (AvgIpc) is 2.27. The minimum absolute atomic E-state index is 0.176. The van der Waals surface area contributed by atoms with Crippen LogP contribution in [-0.4, -0.2) is 19.7 Å². The highest BCUT2D eigenvalue weighted by Gasteiger charge is 2.07. The summed E-state index contributed by atoms with van der Waals surface area (Å²) in [7, 11) is 1.62. The number of ether oxygens (including phenoxy) is 2. The summed E-state index contributed by atoms with van der Waals surface area (Å²) >= 11 is 3.39. The predicted molar refractivity (Wildman–Crippen MR) is 65.6 cm³/mol. The summed E-state index contributed by atoms with van der Waals surface area (Å²) in [5.74, 6) is 0.622. The van der Waals surface area contributed by atoms with E-state index in [1.807, 2.05) is 18.2 Å². The van der Waals surface area contributed by atoms with Crippen LogP contribution in [0.15, 0.2) is 22.7 Å². The first-order chi connectivity index (χ1) is 7.67. The SMILES string of the molecule is CCOC(=O)CCc1cc(Br)ccc1OC. The lowest BCUT2D eigenvalue weighted by Crippen LogP contribution is -2.05. The number of benzene rings is 1. The molecule has 0 aromatic heterocycles. The highest BCUT2D eigenvalue weighted by Crippen LogP contribution is 2.24. The van der Waals surface area contributed by atoms with E-state index in [0.29, 0.717) is 19.4 Å². The van der Waals surface area contributed by atoms with Crippen molar-refractivity contribution in [2.45, 2.75) is 19.8 Å². The van der Waals surface area contributed by atoms with Gasteiger partial charge in [0.15, 0.2) is 0 Å². The minimum atomic E-state index is -0.176. The van der Waals surface area contributed by atoms with Crippen LogP contribution >= 0.6 is 15.9 Å². The smallest absolute Gasteiger partial charge is 0.306 e. The van der Waals surface area contributed by atoms with Crippen LogP contribution in [0.2, 0.25) is 0 Å². The molecular weight excluding hydrogens is 272 g/mol. The Morgan fingerprint density at radius 1 is 1.44 bits per heavy atom. The molecule has 16 heavy (non-hydrogen) atoms. The van der Waals surface area contributed by atoms with E-state index in [-0.39, 0.29) is 5.97 Å². The van der Waals surface area contributed by atoms with Crippen molar-refractivity contribution < 1.29 is 14.3 Å². The van der Waals surface area contributed by atoms with Gasteiger partial charge in [0.1, 0.15) is 5.75 Å². The zero-order valence-corrected chi connectivity index (χ0v) is 11.0. The van der Waals surface area contributed by atoms with Crippen LogP contribution in [0.5, 0.6) is 5.75 Å². The molecule has 0 bridgehead atoms. The van der Waals surface area contributed by atoms with Crippen LogP contribution in [0.4, 0.5) is 0 Å². The van der Waals surface area contributed by atoms with Gasteiger partial charge in [0.05, 0.1) is 13.7 Å². The Labute approximate surface area is 104 Å². The van der Waals surface area contributed by atoms with E-state index in [1.54, 1.807) is 14.0 Å². The van der Waals surface area contributed by atoms with Crippen LogP contribution in [-0.2, 0) is 16.0 Å². The third-order valence-electron chi connectivity index (χ3n) is 2.15. The van der Waals surface area contributed by atoms with Gasteiger partial charge >= 0.3 is 5.97 Å². The molecule has 0 saturated heterocycles. The molecule has 1 rings (SSSR count). The Kier molecular flexibility index (Phi) is 5.32. The molecule has 0 spiro atoms. The number of aryl methyl sites for hydroxylation is 1. The summed E-state index contributed by atoms with van der Waals surface area (Å²) in [6.07, 6.45) is 1.00. The van der Waals surface area contributed by atoms with Gasteiger partial charge in [0.2, 0.25) is 0 Å². The molecule has 0 fully saturated rings. The fourth-order valence-electron chi connectivity index (χ4n) is 1.41. The fourth-order valence-corrected chi connectivity index (χ4v) is 1.82. The quantitative estimate of drug-likeness (QED) is 0.781. The molecule has 1 aromatic rings. The van der Waals surface area contributed by atoms with Gasteiger partial charge in [0, 0.05) is 10.9 Å². The van der Waals surface area contributed by atoms with Gasteiger partial charge < -0.3 is 9.47 Å². The molecule has 0 aliphatic heterocycles. The third kappa shape index (κ3) is 3.85. The lowest BCUT2D eigenvalue weighted by atomic mass is 10.1. The molecule has 0 unspecified atom stereocenters. The lowest BCUT2D eigenvalue weighted by molar-refractivity contribution is -0.143. The third-order valence-corrected chi connectivity index (χ3v) is 2.64. The van der Waals surface area contributed by atoms with Crippen LogP contribution in [0.1, 0.15) is 18.9 Å². The van der Waals surface area contributed by atoms with Crippen LogP contribution in [0.3, 0.4) is 0 Å². The van der Waals surface area contributed by atoms with Crippen molar-refractivity contribution in [2.24, 2.45) is 0 Å². The number of rotatable bonds is 5. The molecule has 0 atom stereocenters. The van der Waals surface area contributed by atoms with Crippen molar-refractivity contribution in [1.29, 1.82) is 0 Å². The van der Waals surface area contributed by atoms with E-state index in [2.05, 4.69) is 15.9 Å². The Morgan fingerprint density at radius 3 is 2.81 bits per heavy atom. The van der Waals surface area contributed by atoms with Gasteiger partial charge in [-0.25, -0.2) is 0 Å². The summed E-state index contributed by atoms with van der Waals surface area (Å²) in [4.78, 5) is 11.2. The fraction of sp³-hybridized carbons (Fsp3) is 0.417. The highest BCUT2D eigenvalue weighted by molar-refractivity contribution is 9.10. The average molecular weight is 287 g/mol. The Balaban J connectivity index is 2.65. The topological polar surface area (TPSA) is 35.5 Å². The largest absolute Gasteiger partial charge is 0.496 e. The highest BCUT2D eigenvalue weighted by atomic mass is 79.9. The number of carbonyl (C=O) groups is 1. The Hall–Kier alpha value is -1.03. The monoisotopic (exact) mass is 286 g/mol. The summed E-state index contributed by atoms with van der Waals surface area (Å²) in [6, 6.07) is 5.75. The van der Waals surface area contributed by atoms with Crippen LogP contribution < -0.4 is 4.74 Å². The number of esters is 1. The van der Waals surface area contributed by atoms with Crippen molar-refractivity contribution in [2.75, 3.05) is 13.7 Å². The van der Waals surface area contributed by atoms with Gasteiger partial charge in [-0.05, 0) is 37.1 Å². The molecule has 0 heterocycles. The maximum Gasteiger partial charge on any atom is 0.306 e. The standard InChI is InChI=1S/C12H15BrO3/c1-3-16-12(14)7-4-9-8-10(13)5-6-11(9)15-2/h5-6,8H,3-4,7H2,1-2H3. The molecule has 3 nitrogen and oxygen atoms in total. The van der Waals surface area contributed by atoms with Crippen LogP contribution in [0.25, 0.3) is 0 Å². The van der Waals surface area contributed by atoms with Crippen molar-refractivity contribution >= 4 is 21.9 Å². The number of carbonyl (C=O) groups excluding carboxylic acids is 1. The van der Waals surface area contributed by atoms with E-state index in [4.69, 9.17) is 9.47 Å². The molecule has 0 radical (unpaired) electrons. The molecule has 0 amide bonds. The number of methoxy groups -OCH3 is 1. The molecule has 1 aromatic carbocycles. The molecule has 0 aliphatic carbocycles. The minimum Gasteiger partial charge on any atom is -0.496 e. The maximum atomic E-state index is 11.2. The van der Waals surface area contributed by atoms with E-state index < -0.39 is 0 Å². The van der Waals surface area contributed by atoms with Gasteiger partial charge in [-0.2, -0.15) is 0 Å². The van der Waals surface area contributed by atoms with E-state index in [9.17, 15) is 4.79 Å². The van der Waals surface area contributed by atoms with Crippen molar-refractivity contribution in [1.82, 2.24) is 0 Å². The van der Waals surface area contributed by atoms with Crippen molar-refractivity contribution in [3.05, 3.63) is 28.2 Å². The molecule has 0 aliphatic rings. The normalized spacial score (nSPS) is 9.94. The zero-order valence-electron chi connectivity index (χ0n) is 9.46. The van der Waals surface area contributed by atoms with E-state index >= 15 is 0 Å².